The molecule has 0 amide bonds. The van der Waals surface area contributed by atoms with Crippen molar-refractivity contribution in [3.63, 3.8) is 0 Å². The van der Waals surface area contributed by atoms with E-state index in [-0.39, 0.29) is 0 Å². The number of hydrogen-bond acceptors (Lipinski definition) is 1. The topological polar surface area (TPSA) is 26.0 Å². The SMILES string of the molecule is C=C(C)CCC(N)C1C2CCc3ccccc3C21. The summed E-state index contributed by atoms with van der Waals surface area (Å²) in [4.78, 5) is 0. The molecule has 4 unspecified atom stereocenters. The van der Waals surface area contributed by atoms with Crippen molar-refractivity contribution in [2.75, 3.05) is 0 Å². The van der Waals surface area contributed by atoms with E-state index in [4.69, 9.17) is 5.73 Å². The normalized spacial score (nSPS) is 30.2. The summed E-state index contributed by atoms with van der Waals surface area (Å²) in [6, 6.07) is 9.31. The lowest BCUT2D eigenvalue weighted by Gasteiger charge is -2.13. The van der Waals surface area contributed by atoms with Gasteiger partial charge in [0.05, 0.1) is 0 Å². The van der Waals surface area contributed by atoms with Crippen LogP contribution >= 0.6 is 0 Å². The largest absolute Gasteiger partial charge is 0.327 e. The van der Waals surface area contributed by atoms with Gasteiger partial charge in [0.2, 0.25) is 0 Å². The van der Waals surface area contributed by atoms with Crippen LogP contribution in [0.1, 0.15) is 43.2 Å². The predicted octanol–water partition coefficient (Wildman–Crippen LogP) is 3.65. The van der Waals surface area contributed by atoms with Gasteiger partial charge in [0, 0.05) is 6.04 Å². The standard InChI is InChI=1S/C17H23N/c1-11(2)7-10-15(18)17-14-9-8-12-5-3-4-6-13(12)16(14)17/h3-6,14-17H,1,7-10,18H2,2H3. The Balaban J connectivity index is 1.71. The fourth-order valence-electron chi connectivity index (χ4n) is 3.81. The molecule has 0 saturated heterocycles. The van der Waals surface area contributed by atoms with Crippen molar-refractivity contribution in [2.45, 2.75) is 44.6 Å². The van der Waals surface area contributed by atoms with Crippen LogP contribution in [0.3, 0.4) is 0 Å². The van der Waals surface area contributed by atoms with Crippen LogP contribution in [0.4, 0.5) is 0 Å². The highest BCUT2D eigenvalue weighted by Crippen LogP contribution is 2.61. The number of allylic oxidation sites excluding steroid dienone is 1. The van der Waals surface area contributed by atoms with E-state index in [2.05, 4.69) is 37.8 Å². The Kier molecular flexibility index (Phi) is 3.03. The van der Waals surface area contributed by atoms with Crippen LogP contribution in [0.25, 0.3) is 0 Å². The molecule has 2 N–H and O–H groups in total. The smallest absolute Gasteiger partial charge is 0.00790 e. The quantitative estimate of drug-likeness (QED) is 0.800. The Hall–Kier alpha value is -1.08. The molecule has 0 aliphatic heterocycles. The van der Waals surface area contributed by atoms with Gasteiger partial charge in [-0.2, -0.15) is 0 Å². The van der Waals surface area contributed by atoms with Crippen molar-refractivity contribution in [3.8, 4) is 0 Å². The monoisotopic (exact) mass is 241 g/mol. The Morgan fingerprint density at radius 3 is 3.00 bits per heavy atom. The van der Waals surface area contributed by atoms with Crippen molar-refractivity contribution < 1.29 is 0 Å². The van der Waals surface area contributed by atoms with Gasteiger partial charge in [-0.3, -0.25) is 0 Å². The Morgan fingerprint density at radius 1 is 1.44 bits per heavy atom. The van der Waals surface area contributed by atoms with Gasteiger partial charge < -0.3 is 5.73 Å². The van der Waals surface area contributed by atoms with E-state index < -0.39 is 0 Å². The van der Waals surface area contributed by atoms with E-state index in [0.717, 1.165) is 30.6 Å². The molecule has 0 bridgehead atoms. The summed E-state index contributed by atoms with van der Waals surface area (Å²) in [5.74, 6) is 2.35. The Labute approximate surface area is 110 Å². The van der Waals surface area contributed by atoms with Gasteiger partial charge in [-0.1, -0.05) is 29.8 Å². The summed E-state index contributed by atoms with van der Waals surface area (Å²) >= 11 is 0. The number of hydrogen-bond donors (Lipinski definition) is 1. The van der Waals surface area contributed by atoms with E-state index >= 15 is 0 Å². The number of rotatable bonds is 4. The Morgan fingerprint density at radius 2 is 2.22 bits per heavy atom. The number of aryl methyl sites for hydroxylation is 1. The second-order valence-corrected chi connectivity index (χ2v) is 6.16. The third kappa shape index (κ3) is 2.01. The summed E-state index contributed by atoms with van der Waals surface area (Å²) < 4.78 is 0. The third-order valence-corrected chi connectivity index (χ3v) is 4.79. The molecule has 18 heavy (non-hydrogen) atoms. The van der Waals surface area contributed by atoms with E-state index in [1.807, 2.05) is 0 Å². The van der Waals surface area contributed by atoms with Gasteiger partial charge in [0.15, 0.2) is 0 Å². The maximum atomic E-state index is 6.40. The maximum absolute atomic E-state index is 6.40. The fraction of sp³-hybridized carbons (Fsp3) is 0.529. The lowest BCUT2D eigenvalue weighted by Crippen LogP contribution is -2.23. The molecule has 2 aliphatic rings. The van der Waals surface area contributed by atoms with E-state index in [1.165, 1.54) is 18.4 Å². The molecule has 1 fully saturated rings. The molecule has 1 nitrogen and oxygen atoms in total. The molecular weight excluding hydrogens is 218 g/mol. The highest BCUT2D eigenvalue weighted by Gasteiger charge is 2.55. The van der Waals surface area contributed by atoms with Crippen molar-refractivity contribution in [2.24, 2.45) is 17.6 Å². The zero-order chi connectivity index (χ0) is 12.7. The molecule has 4 atom stereocenters. The number of fused-ring (bicyclic) bond motifs is 3. The van der Waals surface area contributed by atoms with Crippen LogP contribution in [0.5, 0.6) is 0 Å². The maximum Gasteiger partial charge on any atom is 0.00790 e. The molecule has 0 aromatic heterocycles. The van der Waals surface area contributed by atoms with Gasteiger partial charge in [-0.05, 0) is 61.5 Å². The zero-order valence-corrected chi connectivity index (χ0v) is 11.2. The van der Waals surface area contributed by atoms with Crippen LogP contribution < -0.4 is 5.73 Å². The van der Waals surface area contributed by atoms with Gasteiger partial charge in [-0.15, -0.1) is 6.58 Å². The van der Waals surface area contributed by atoms with Crippen molar-refractivity contribution >= 4 is 0 Å². The van der Waals surface area contributed by atoms with E-state index in [0.29, 0.717) is 6.04 Å². The van der Waals surface area contributed by atoms with Gasteiger partial charge in [-0.25, -0.2) is 0 Å². The molecule has 2 aliphatic carbocycles. The van der Waals surface area contributed by atoms with Crippen molar-refractivity contribution in [3.05, 3.63) is 47.5 Å². The second-order valence-electron chi connectivity index (χ2n) is 6.16. The minimum atomic E-state index is 0.364. The highest BCUT2D eigenvalue weighted by molar-refractivity contribution is 5.40. The summed E-state index contributed by atoms with van der Waals surface area (Å²) in [5, 5.41) is 0. The van der Waals surface area contributed by atoms with Crippen LogP contribution in [0.2, 0.25) is 0 Å². The molecule has 96 valence electrons. The zero-order valence-electron chi connectivity index (χ0n) is 11.2. The molecule has 1 saturated carbocycles. The Bertz CT molecular complexity index is 462. The number of nitrogens with two attached hydrogens (primary N) is 1. The van der Waals surface area contributed by atoms with Crippen molar-refractivity contribution in [1.29, 1.82) is 0 Å². The molecule has 1 heteroatoms. The van der Waals surface area contributed by atoms with Gasteiger partial charge in [0.25, 0.3) is 0 Å². The number of benzene rings is 1. The fourth-order valence-corrected chi connectivity index (χ4v) is 3.81. The molecule has 0 spiro atoms. The van der Waals surface area contributed by atoms with Crippen molar-refractivity contribution in [1.82, 2.24) is 0 Å². The molecule has 0 radical (unpaired) electrons. The molecule has 0 heterocycles. The average Bonchev–Trinajstić information content (AvgIpc) is 3.10. The van der Waals surface area contributed by atoms with Crippen LogP contribution in [0.15, 0.2) is 36.4 Å². The lowest BCUT2D eigenvalue weighted by molar-refractivity contribution is 0.503. The molecule has 3 rings (SSSR count). The first-order valence-corrected chi connectivity index (χ1v) is 7.16. The van der Waals surface area contributed by atoms with Crippen LogP contribution in [0, 0.1) is 11.8 Å². The van der Waals surface area contributed by atoms with Gasteiger partial charge in [0.1, 0.15) is 0 Å². The predicted molar refractivity (Wildman–Crippen MR) is 76.5 cm³/mol. The minimum Gasteiger partial charge on any atom is -0.327 e. The van der Waals surface area contributed by atoms with Crippen LogP contribution in [-0.2, 0) is 6.42 Å². The first-order valence-electron chi connectivity index (χ1n) is 7.16. The minimum absolute atomic E-state index is 0.364. The second kappa shape index (κ2) is 4.55. The van der Waals surface area contributed by atoms with Crippen LogP contribution in [-0.4, -0.2) is 6.04 Å². The first-order chi connectivity index (χ1) is 8.68. The lowest BCUT2D eigenvalue weighted by atomic mass is 9.92. The summed E-state index contributed by atoms with van der Waals surface area (Å²) in [6.07, 6.45) is 4.78. The summed E-state index contributed by atoms with van der Waals surface area (Å²) in [6.45, 7) is 6.08. The summed E-state index contributed by atoms with van der Waals surface area (Å²) in [5.41, 5.74) is 10.8. The average molecular weight is 241 g/mol. The molecular formula is C17H23N. The van der Waals surface area contributed by atoms with Gasteiger partial charge >= 0.3 is 0 Å². The molecule has 1 aromatic carbocycles. The summed E-state index contributed by atoms with van der Waals surface area (Å²) in [7, 11) is 0. The third-order valence-electron chi connectivity index (χ3n) is 4.79. The first kappa shape index (κ1) is 12.0. The highest BCUT2D eigenvalue weighted by atomic mass is 14.7. The van der Waals surface area contributed by atoms with E-state index in [1.54, 1.807) is 11.1 Å². The molecule has 1 aromatic rings. The van der Waals surface area contributed by atoms with E-state index in [9.17, 15) is 0 Å².